The van der Waals surface area contributed by atoms with Gasteiger partial charge in [0.05, 0.1) is 0 Å². The molecular formula is C8H15N3. The number of allylic oxidation sites excluding steroid dienone is 2. The predicted molar refractivity (Wildman–Crippen MR) is 47.3 cm³/mol. The van der Waals surface area contributed by atoms with E-state index in [1.807, 2.05) is 6.92 Å². The molecule has 0 spiro atoms. The molecule has 0 aromatic carbocycles. The molecule has 0 N–H and O–H groups in total. The Morgan fingerprint density at radius 2 is 2.18 bits per heavy atom. The average Bonchev–Trinajstić information content (AvgIpc) is 2.03. The largest absolute Gasteiger partial charge is 0.0940 e. The number of nitrogens with zero attached hydrogens (tertiary/aromatic N) is 3. The summed E-state index contributed by atoms with van der Waals surface area (Å²) in [7, 11) is 0. The zero-order valence-electron chi connectivity index (χ0n) is 7.03. The monoisotopic (exact) mass is 153 g/mol. The highest BCUT2D eigenvalue weighted by molar-refractivity contribution is 4.76. The molecule has 0 aliphatic rings. The lowest BCUT2D eigenvalue weighted by atomic mass is 10.2. The molecule has 0 fully saturated rings. The SMILES string of the molecule is CC=CCCCCCN=[N+]=[N-]. The molecule has 0 radical (unpaired) electrons. The molecule has 0 aliphatic heterocycles. The summed E-state index contributed by atoms with van der Waals surface area (Å²) in [5, 5.41) is 3.45. The van der Waals surface area contributed by atoms with E-state index in [4.69, 9.17) is 5.53 Å². The second-order valence-electron chi connectivity index (χ2n) is 2.37. The summed E-state index contributed by atoms with van der Waals surface area (Å²) in [6, 6.07) is 0. The molecule has 0 rings (SSSR count). The second-order valence-corrected chi connectivity index (χ2v) is 2.37. The number of unbranched alkanes of at least 4 members (excludes halogenated alkanes) is 3. The van der Waals surface area contributed by atoms with E-state index in [9.17, 15) is 0 Å². The van der Waals surface area contributed by atoms with Crippen LogP contribution in [-0.2, 0) is 0 Å². The Labute approximate surface area is 67.7 Å². The van der Waals surface area contributed by atoms with Crippen molar-refractivity contribution in [1.82, 2.24) is 0 Å². The topological polar surface area (TPSA) is 48.8 Å². The summed E-state index contributed by atoms with van der Waals surface area (Å²) in [6.07, 6.45) is 8.74. The van der Waals surface area contributed by atoms with Gasteiger partial charge in [-0.15, -0.1) is 0 Å². The van der Waals surface area contributed by atoms with Crippen molar-refractivity contribution in [2.45, 2.75) is 32.6 Å². The van der Waals surface area contributed by atoms with Gasteiger partial charge in [0.1, 0.15) is 0 Å². The van der Waals surface area contributed by atoms with Gasteiger partial charge < -0.3 is 0 Å². The van der Waals surface area contributed by atoms with Gasteiger partial charge in [-0.2, -0.15) is 0 Å². The maximum Gasteiger partial charge on any atom is 0.0257 e. The molecule has 0 bridgehead atoms. The van der Waals surface area contributed by atoms with Crippen LogP contribution in [0.5, 0.6) is 0 Å². The molecule has 0 aromatic heterocycles. The first-order valence-corrected chi connectivity index (χ1v) is 4.04. The maximum atomic E-state index is 7.95. The van der Waals surface area contributed by atoms with Gasteiger partial charge in [0.25, 0.3) is 0 Å². The number of hydrogen-bond acceptors (Lipinski definition) is 1. The molecule has 0 amide bonds. The number of azide groups is 1. The normalized spacial score (nSPS) is 9.91. The fraction of sp³-hybridized carbons (Fsp3) is 0.750. The van der Waals surface area contributed by atoms with Gasteiger partial charge in [0, 0.05) is 11.5 Å². The molecule has 0 atom stereocenters. The van der Waals surface area contributed by atoms with Gasteiger partial charge >= 0.3 is 0 Å². The molecule has 0 aromatic rings. The number of rotatable bonds is 6. The van der Waals surface area contributed by atoms with Crippen LogP contribution in [0, 0.1) is 0 Å². The molecule has 0 heterocycles. The highest BCUT2D eigenvalue weighted by Gasteiger charge is 1.84. The second kappa shape index (κ2) is 9.05. The Hall–Kier alpha value is -0.950. The maximum absolute atomic E-state index is 7.95. The zero-order chi connectivity index (χ0) is 8.36. The molecule has 0 saturated carbocycles. The molecule has 3 nitrogen and oxygen atoms in total. The summed E-state index contributed by atoms with van der Waals surface area (Å²) in [5.74, 6) is 0. The highest BCUT2D eigenvalue weighted by atomic mass is 15.1. The van der Waals surface area contributed by atoms with Gasteiger partial charge in [-0.1, -0.05) is 23.7 Å². The highest BCUT2D eigenvalue weighted by Crippen LogP contribution is 2.00. The van der Waals surface area contributed by atoms with Crippen molar-refractivity contribution in [2.24, 2.45) is 5.11 Å². The summed E-state index contributed by atoms with van der Waals surface area (Å²) < 4.78 is 0. The quantitative estimate of drug-likeness (QED) is 0.184. The minimum Gasteiger partial charge on any atom is -0.0940 e. The van der Waals surface area contributed by atoms with Crippen LogP contribution in [0.2, 0.25) is 0 Å². The summed E-state index contributed by atoms with van der Waals surface area (Å²) in [6.45, 7) is 2.67. The molecule has 0 unspecified atom stereocenters. The van der Waals surface area contributed by atoms with Crippen LogP contribution >= 0.6 is 0 Å². The van der Waals surface area contributed by atoms with Crippen LogP contribution in [0.15, 0.2) is 17.3 Å². The van der Waals surface area contributed by atoms with Crippen molar-refractivity contribution in [3.8, 4) is 0 Å². The Balaban J connectivity index is 2.96. The minimum atomic E-state index is 0.645. The smallest absolute Gasteiger partial charge is 0.0257 e. The van der Waals surface area contributed by atoms with Gasteiger partial charge in [0.15, 0.2) is 0 Å². The van der Waals surface area contributed by atoms with Crippen LogP contribution in [0.25, 0.3) is 10.4 Å². The van der Waals surface area contributed by atoms with Crippen molar-refractivity contribution >= 4 is 0 Å². The third-order valence-electron chi connectivity index (χ3n) is 1.43. The predicted octanol–water partition coefficient (Wildman–Crippen LogP) is 3.43. The Morgan fingerprint density at radius 3 is 2.82 bits per heavy atom. The van der Waals surface area contributed by atoms with Crippen molar-refractivity contribution in [3.63, 3.8) is 0 Å². The Kier molecular flexibility index (Phi) is 8.27. The third kappa shape index (κ3) is 9.05. The molecule has 0 aliphatic carbocycles. The average molecular weight is 153 g/mol. The lowest BCUT2D eigenvalue weighted by molar-refractivity contribution is 0.693. The van der Waals surface area contributed by atoms with Gasteiger partial charge in [-0.05, 0) is 31.7 Å². The van der Waals surface area contributed by atoms with Crippen LogP contribution in [0.4, 0.5) is 0 Å². The summed E-state index contributed by atoms with van der Waals surface area (Å²) in [4.78, 5) is 2.68. The van der Waals surface area contributed by atoms with E-state index in [1.54, 1.807) is 0 Å². The lowest BCUT2D eigenvalue weighted by Crippen LogP contribution is -1.79. The first kappa shape index (κ1) is 10.0. The van der Waals surface area contributed by atoms with Gasteiger partial charge in [-0.25, -0.2) is 0 Å². The van der Waals surface area contributed by atoms with E-state index in [-0.39, 0.29) is 0 Å². The Bertz CT molecular complexity index is 145. The van der Waals surface area contributed by atoms with Crippen LogP contribution < -0.4 is 0 Å². The fourth-order valence-electron chi connectivity index (χ4n) is 0.833. The first-order chi connectivity index (χ1) is 5.41. The van der Waals surface area contributed by atoms with E-state index in [0.717, 1.165) is 19.3 Å². The summed E-state index contributed by atoms with van der Waals surface area (Å²) >= 11 is 0. The van der Waals surface area contributed by atoms with E-state index in [0.29, 0.717) is 6.54 Å². The molecule has 62 valence electrons. The summed E-state index contributed by atoms with van der Waals surface area (Å²) in [5.41, 5.74) is 7.95. The van der Waals surface area contributed by atoms with E-state index in [1.165, 1.54) is 6.42 Å². The third-order valence-corrected chi connectivity index (χ3v) is 1.43. The van der Waals surface area contributed by atoms with Crippen LogP contribution in [-0.4, -0.2) is 6.54 Å². The molecule has 0 saturated heterocycles. The molecule has 11 heavy (non-hydrogen) atoms. The standard InChI is InChI=1S/C8H15N3/c1-2-3-4-5-6-7-8-10-11-9/h2-3H,4-8H2,1H3. The molecule has 3 heteroatoms. The fourth-order valence-corrected chi connectivity index (χ4v) is 0.833. The van der Waals surface area contributed by atoms with Crippen molar-refractivity contribution in [2.75, 3.05) is 6.54 Å². The van der Waals surface area contributed by atoms with Gasteiger partial charge in [-0.3, -0.25) is 0 Å². The van der Waals surface area contributed by atoms with Crippen LogP contribution in [0.1, 0.15) is 32.6 Å². The van der Waals surface area contributed by atoms with Crippen LogP contribution in [0.3, 0.4) is 0 Å². The lowest BCUT2D eigenvalue weighted by Gasteiger charge is -1.92. The van der Waals surface area contributed by atoms with E-state index >= 15 is 0 Å². The minimum absolute atomic E-state index is 0.645. The van der Waals surface area contributed by atoms with Crippen molar-refractivity contribution in [3.05, 3.63) is 22.6 Å². The van der Waals surface area contributed by atoms with Crippen molar-refractivity contribution < 1.29 is 0 Å². The molecular weight excluding hydrogens is 138 g/mol. The Morgan fingerprint density at radius 1 is 1.36 bits per heavy atom. The zero-order valence-corrected chi connectivity index (χ0v) is 7.03. The van der Waals surface area contributed by atoms with Crippen molar-refractivity contribution in [1.29, 1.82) is 0 Å². The first-order valence-electron chi connectivity index (χ1n) is 4.04. The van der Waals surface area contributed by atoms with E-state index < -0.39 is 0 Å². The van der Waals surface area contributed by atoms with Gasteiger partial charge in [0.2, 0.25) is 0 Å². The van der Waals surface area contributed by atoms with E-state index in [2.05, 4.69) is 22.2 Å². The number of hydrogen-bond donors (Lipinski definition) is 0.